The second-order valence-electron chi connectivity index (χ2n) is 9.82. The topological polar surface area (TPSA) is 48.9 Å². The maximum absolute atomic E-state index is 13.2. The quantitative estimate of drug-likeness (QED) is 0.568. The van der Waals surface area contributed by atoms with Crippen LogP contribution in [0.3, 0.4) is 0 Å². The number of nitrogens with zero attached hydrogens (tertiary/aromatic N) is 3. The Kier molecular flexibility index (Phi) is 5.25. The van der Waals surface area contributed by atoms with Crippen LogP contribution in [-0.4, -0.2) is 13.7 Å². The lowest BCUT2D eigenvalue weighted by Gasteiger charge is -2.22. The number of hydrogen-bond acceptors (Lipinski definition) is 2. The van der Waals surface area contributed by atoms with Crippen LogP contribution < -0.4 is 11.2 Å². The summed E-state index contributed by atoms with van der Waals surface area (Å²) in [6, 6.07) is 8.95. The van der Waals surface area contributed by atoms with E-state index in [2.05, 4.69) is 49.6 Å². The molecule has 2 heterocycles. The van der Waals surface area contributed by atoms with Crippen LogP contribution in [-0.2, 0) is 19.5 Å². The first kappa shape index (κ1) is 20.7. The van der Waals surface area contributed by atoms with E-state index in [1.807, 2.05) is 6.20 Å². The fourth-order valence-corrected chi connectivity index (χ4v) is 4.80. The minimum atomic E-state index is -0.278. The molecule has 0 saturated heterocycles. The van der Waals surface area contributed by atoms with E-state index in [1.165, 1.54) is 35.8 Å². The van der Waals surface area contributed by atoms with Crippen molar-refractivity contribution in [1.29, 1.82) is 0 Å². The van der Waals surface area contributed by atoms with Crippen LogP contribution in [0.4, 0.5) is 0 Å². The van der Waals surface area contributed by atoms with Crippen LogP contribution in [0.15, 0.2) is 40.1 Å². The highest BCUT2D eigenvalue weighted by Gasteiger charge is 2.24. The van der Waals surface area contributed by atoms with Gasteiger partial charge in [0, 0.05) is 26.3 Å². The summed E-state index contributed by atoms with van der Waals surface area (Å²) in [6.45, 7) is 6.62. The van der Waals surface area contributed by atoms with Gasteiger partial charge in [0.15, 0.2) is 0 Å². The zero-order valence-corrected chi connectivity index (χ0v) is 18.9. The summed E-state index contributed by atoms with van der Waals surface area (Å²) in [7, 11) is 3.33. The van der Waals surface area contributed by atoms with Crippen molar-refractivity contribution in [3.05, 3.63) is 56.9 Å². The van der Waals surface area contributed by atoms with E-state index in [-0.39, 0.29) is 16.7 Å². The maximum atomic E-state index is 13.2. The lowest BCUT2D eigenvalue weighted by atomic mass is 9.86. The highest BCUT2D eigenvalue weighted by Crippen LogP contribution is 2.36. The molecule has 30 heavy (non-hydrogen) atoms. The third kappa shape index (κ3) is 3.44. The molecule has 1 aliphatic rings. The third-order valence-electron chi connectivity index (χ3n) is 6.71. The van der Waals surface area contributed by atoms with Crippen molar-refractivity contribution < 1.29 is 0 Å². The SMILES string of the molecule is Cn1c(=O)c2c(-c3ccc(C(C)(C)C)cc3)n(C3CCCCCC3)cc2n(C)c1=O. The van der Waals surface area contributed by atoms with Gasteiger partial charge in [-0.1, -0.05) is 70.7 Å². The largest absolute Gasteiger partial charge is 0.342 e. The number of fused-ring (bicyclic) bond motifs is 1. The zero-order chi connectivity index (χ0) is 21.6. The van der Waals surface area contributed by atoms with E-state index >= 15 is 0 Å². The molecule has 0 amide bonds. The van der Waals surface area contributed by atoms with E-state index in [9.17, 15) is 9.59 Å². The average Bonchev–Trinajstić information content (AvgIpc) is 2.91. The molecule has 160 valence electrons. The van der Waals surface area contributed by atoms with Gasteiger partial charge in [-0.3, -0.25) is 13.9 Å². The number of rotatable bonds is 2. The molecule has 0 atom stereocenters. The Labute approximate surface area is 178 Å². The van der Waals surface area contributed by atoms with Gasteiger partial charge in [-0.05, 0) is 29.4 Å². The van der Waals surface area contributed by atoms with Gasteiger partial charge in [0.1, 0.15) is 0 Å². The molecular formula is C25H33N3O2. The van der Waals surface area contributed by atoms with Crippen molar-refractivity contribution >= 4 is 10.9 Å². The van der Waals surface area contributed by atoms with Crippen molar-refractivity contribution in [2.24, 2.45) is 14.1 Å². The molecule has 0 spiro atoms. The van der Waals surface area contributed by atoms with Crippen LogP contribution >= 0.6 is 0 Å². The first-order valence-corrected chi connectivity index (χ1v) is 11.1. The minimum Gasteiger partial charge on any atom is -0.342 e. The molecule has 1 fully saturated rings. The van der Waals surface area contributed by atoms with Crippen LogP contribution in [0.5, 0.6) is 0 Å². The third-order valence-corrected chi connectivity index (χ3v) is 6.71. The van der Waals surface area contributed by atoms with Gasteiger partial charge < -0.3 is 4.57 Å². The Balaban J connectivity index is 2.01. The smallest absolute Gasteiger partial charge is 0.330 e. The van der Waals surface area contributed by atoms with Crippen LogP contribution in [0, 0.1) is 0 Å². The molecule has 0 unspecified atom stereocenters. The zero-order valence-electron chi connectivity index (χ0n) is 18.9. The van der Waals surface area contributed by atoms with Gasteiger partial charge in [-0.15, -0.1) is 0 Å². The predicted octanol–water partition coefficient (Wildman–Crippen LogP) is 4.90. The van der Waals surface area contributed by atoms with Gasteiger partial charge in [0.05, 0.1) is 16.6 Å². The standard InChI is InChI=1S/C25H33N3O2/c1-25(2,3)18-14-12-17(13-15-18)22-21-20(26(4)24(30)27(5)23(21)29)16-28(22)19-10-8-6-7-9-11-19/h12-16,19H,6-11H2,1-5H3. The predicted molar refractivity (Wildman–Crippen MR) is 123 cm³/mol. The number of aromatic nitrogens is 3. The van der Waals surface area contributed by atoms with Crippen molar-refractivity contribution in [3.8, 4) is 11.3 Å². The summed E-state index contributed by atoms with van der Waals surface area (Å²) < 4.78 is 5.13. The van der Waals surface area contributed by atoms with Gasteiger partial charge in [-0.2, -0.15) is 0 Å². The second-order valence-corrected chi connectivity index (χ2v) is 9.82. The summed E-state index contributed by atoms with van der Waals surface area (Å²) >= 11 is 0. The Morgan fingerprint density at radius 1 is 0.867 bits per heavy atom. The lowest BCUT2D eigenvalue weighted by Crippen LogP contribution is -2.36. The van der Waals surface area contributed by atoms with Crippen LogP contribution in [0.1, 0.15) is 70.9 Å². The van der Waals surface area contributed by atoms with Crippen molar-refractivity contribution in [3.63, 3.8) is 0 Å². The molecule has 1 aromatic carbocycles. The Hall–Kier alpha value is -2.56. The molecule has 3 aromatic rings. The molecule has 1 aliphatic carbocycles. The number of hydrogen-bond donors (Lipinski definition) is 0. The van der Waals surface area contributed by atoms with E-state index in [0.717, 1.165) is 29.6 Å². The second kappa shape index (κ2) is 7.60. The highest BCUT2D eigenvalue weighted by atomic mass is 16.2. The fourth-order valence-electron chi connectivity index (χ4n) is 4.80. The fraction of sp³-hybridized carbons (Fsp3) is 0.520. The first-order chi connectivity index (χ1) is 14.2. The van der Waals surface area contributed by atoms with Crippen LogP contribution in [0.25, 0.3) is 22.2 Å². The lowest BCUT2D eigenvalue weighted by molar-refractivity contribution is 0.450. The molecule has 0 N–H and O–H groups in total. The number of aryl methyl sites for hydroxylation is 1. The molecule has 4 rings (SSSR count). The normalized spacial score (nSPS) is 16.2. The van der Waals surface area contributed by atoms with Crippen molar-refractivity contribution in [1.82, 2.24) is 13.7 Å². The van der Waals surface area contributed by atoms with E-state index in [0.29, 0.717) is 11.4 Å². The summed E-state index contributed by atoms with van der Waals surface area (Å²) in [5, 5.41) is 0.646. The summed E-state index contributed by atoms with van der Waals surface area (Å²) in [4.78, 5) is 25.8. The monoisotopic (exact) mass is 407 g/mol. The molecule has 0 radical (unpaired) electrons. The van der Waals surface area contributed by atoms with Gasteiger partial charge in [0.25, 0.3) is 5.56 Å². The van der Waals surface area contributed by atoms with Gasteiger partial charge in [-0.25, -0.2) is 4.79 Å². The molecule has 0 aliphatic heterocycles. The molecular weight excluding hydrogens is 374 g/mol. The summed E-state index contributed by atoms with van der Waals surface area (Å²) in [5.41, 5.74) is 3.57. The average molecular weight is 408 g/mol. The summed E-state index contributed by atoms with van der Waals surface area (Å²) in [6.07, 6.45) is 9.23. The molecule has 5 heteroatoms. The van der Waals surface area contributed by atoms with Gasteiger partial charge in [0.2, 0.25) is 0 Å². The highest BCUT2D eigenvalue weighted by molar-refractivity contribution is 5.93. The summed E-state index contributed by atoms with van der Waals surface area (Å²) in [5.74, 6) is 0. The molecule has 0 bridgehead atoms. The van der Waals surface area contributed by atoms with Crippen LogP contribution in [0.2, 0.25) is 0 Å². The van der Waals surface area contributed by atoms with Gasteiger partial charge >= 0.3 is 5.69 Å². The first-order valence-electron chi connectivity index (χ1n) is 11.1. The molecule has 1 saturated carbocycles. The Morgan fingerprint density at radius 3 is 2.03 bits per heavy atom. The van der Waals surface area contributed by atoms with Crippen molar-refractivity contribution in [2.75, 3.05) is 0 Å². The maximum Gasteiger partial charge on any atom is 0.330 e. The van der Waals surface area contributed by atoms with E-state index in [4.69, 9.17) is 0 Å². The van der Waals surface area contributed by atoms with E-state index < -0.39 is 0 Å². The minimum absolute atomic E-state index is 0.0733. The Morgan fingerprint density at radius 2 is 1.47 bits per heavy atom. The molecule has 2 aromatic heterocycles. The molecule has 5 nitrogen and oxygen atoms in total. The Bertz CT molecular complexity index is 1180. The number of benzene rings is 1. The van der Waals surface area contributed by atoms with Crippen molar-refractivity contribution in [2.45, 2.75) is 70.8 Å². The van der Waals surface area contributed by atoms with E-state index in [1.54, 1.807) is 18.7 Å².